The van der Waals surface area contributed by atoms with Crippen molar-refractivity contribution in [3.8, 4) is 0 Å². The summed E-state index contributed by atoms with van der Waals surface area (Å²) in [4.78, 5) is 14.5. The molecule has 0 N–H and O–H groups in total. The Balaban J connectivity index is 1.66. The molecule has 22 heavy (non-hydrogen) atoms. The van der Waals surface area contributed by atoms with E-state index in [1.165, 1.54) is 0 Å². The molecule has 2 fully saturated rings. The molecule has 0 aliphatic carbocycles. The van der Waals surface area contributed by atoms with Crippen molar-refractivity contribution in [3.63, 3.8) is 0 Å². The molecule has 2 saturated heterocycles. The number of ether oxygens (including phenoxy) is 3. The molecule has 0 bridgehead atoms. The summed E-state index contributed by atoms with van der Waals surface area (Å²) >= 11 is 1.65. The van der Waals surface area contributed by atoms with Gasteiger partial charge in [-0.1, -0.05) is 0 Å². The standard InChI is InChI=1S/C16H29NO4S/c1-13(22-12-15-6-4-9-20-15)16(18)21-14-5-3-7-17(11-14)8-10-19-2/h13-15H,3-12H2,1-2H3/t13-,14+,15+/m1/s1. The number of nitrogens with zero attached hydrogens (tertiary/aromatic N) is 1. The lowest BCUT2D eigenvalue weighted by Gasteiger charge is -2.32. The molecular formula is C16H29NO4S. The van der Waals surface area contributed by atoms with Gasteiger partial charge in [0.2, 0.25) is 0 Å². The number of rotatable bonds is 8. The van der Waals surface area contributed by atoms with Crippen LogP contribution in [0.3, 0.4) is 0 Å². The summed E-state index contributed by atoms with van der Waals surface area (Å²) in [6, 6.07) is 0. The van der Waals surface area contributed by atoms with Gasteiger partial charge in [0.1, 0.15) is 6.10 Å². The molecule has 0 saturated carbocycles. The van der Waals surface area contributed by atoms with Gasteiger partial charge in [-0.25, -0.2) is 0 Å². The predicted molar refractivity (Wildman–Crippen MR) is 88.3 cm³/mol. The first-order chi connectivity index (χ1) is 10.7. The average molecular weight is 331 g/mol. The van der Waals surface area contributed by atoms with Crippen LogP contribution in [0.4, 0.5) is 0 Å². The topological polar surface area (TPSA) is 48.0 Å². The van der Waals surface area contributed by atoms with E-state index in [1.807, 2.05) is 6.92 Å². The second-order valence-corrected chi connectivity index (χ2v) is 7.48. The molecule has 128 valence electrons. The lowest BCUT2D eigenvalue weighted by atomic mass is 10.1. The van der Waals surface area contributed by atoms with Gasteiger partial charge in [0.05, 0.1) is 18.0 Å². The maximum absolute atomic E-state index is 12.2. The molecule has 2 heterocycles. The van der Waals surface area contributed by atoms with Gasteiger partial charge in [-0.05, 0) is 39.2 Å². The minimum absolute atomic E-state index is 0.0314. The summed E-state index contributed by atoms with van der Waals surface area (Å²) in [5.41, 5.74) is 0. The van der Waals surface area contributed by atoms with Crippen molar-refractivity contribution in [2.75, 3.05) is 45.7 Å². The summed E-state index contributed by atoms with van der Waals surface area (Å²) in [6.45, 7) is 6.35. The first-order valence-corrected chi connectivity index (χ1v) is 9.39. The fourth-order valence-corrected chi connectivity index (χ4v) is 3.85. The predicted octanol–water partition coefficient (Wildman–Crippen LogP) is 1.94. The molecule has 2 aliphatic rings. The van der Waals surface area contributed by atoms with Crippen LogP contribution >= 0.6 is 11.8 Å². The monoisotopic (exact) mass is 331 g/mol. The van der Waals surface area contributed by atoms with Crippen molar-refractivity contribution in [3.05, 3.63) is 0 Å². The van der Waals surface area contributed by atoms with Gasteiger partial charge < -0.3 is 14.2 Å². The zero-order valence-electron chi connectivity index (χ0n) is 13.8. The zero-order chi connectivity index (χ0) is 15.8. The molecule has 2 aliphatic heterocycles. The quantitative estimate of drug-likeness (QED) is 0.634. The highest BCUT2D eigenvalue weighted by Crippen LogP contribution is 2.22. The summed E-state index contributed by atoms with van der Waals surface area (Å²) in [6.07, 6.45) is 4.66. The van der Waals surface area contributed by atoms with Crippen LogP contribution in [0.1, 0.15) is 32.6 Å². The van der Waals surface area contributed by atoms with E-state index in [4.69, 9.17) is 14.2 Å². The van der Waals surface area contributed by atoms with Crippen LogP contribution in [0.25, 0.3) is 0 Å². The van der Waals surface area contributed by atoms with Crippen molar-refractivity contribution in [2.45, 2.75) is 50.1 Å². The Bertz CT molecular complexity index is 336. The molecule has 2 rings (SSSR count). The maximum atomic E-state index is 12.2. The third-order valence-corrected chi connectivity index (χ3v) is 5.50. The molecule has 3 atom stereocenters. The highest BCUT2D eigenvalue weighted by molar-refractivity contribution is 8.00. The fourth-order valence-electron chi connectivity index (χ4n) is 2.89. The van der Waals surface area contributed by atoms with Crippen molar-refractivity contribution < 1.29 is 19.0 Å². The van der Waals surface area contributed by atoms with Crippen LogP contribution in [0.15, 0.2) is 0 Å². The number of hydrogen-bond donors (Lipinski definition) is 0. The number of esters is 1. The van der Waals surface area contributed by atoms with Gasteiger partial charge in [0.25, 0.3) is 0 Å². The van der Waals surface area contributed by atoms with E-state index in [0.29, 0.717) is 6.10 Å². The Hall–Kier alpha value is -0.300. The first kappa shape index (κ1) is 18.0. The second kappa shape index (κ2) is 9.75. The van der Waals surface area contributed by atoms with E-state index in [-0.39, 0.29) is 17.3 Å². The molecule has 5 nitrogen and oxygen atoms in total. The van der Waals surface area contributed by atoms with Crippen LogP contribution in [-0.4, -0.2) is 74.0 Å². The Labute approximate surface area is 138 Å². The van der Waals surface area contributed by atoms with Crippen molar-refractivity contribution in [1.29, 1.82) is 0 Å². The highest BCUT2D eigenvalue weighted by Gasteiger charge is 2.26. The van der Waals surface area contributed by atoms with Gasteiger partial charge in [-0.3, -0.25) is 9.69 Å². The second-order valence-electron chi connectivity index (χ2n) is 6.11. The number of carbonyl (C=O) groups is 1. The van der Waals surface area contributed by atoms with E-state index in [2.05, 4.69) is 4.90 Å². The van der Waals surface area contributed by atoms with E-state index in [9.17, 15) is 4.79 Å². The molecule has 6 heteroatoms. The van der Waals surface area contributed by atoms with Crippen LogP contribution in [0, 0.1) is 0 Å². The highest BCUT2D eigenvalue weighted by atomic mass is 32.2. The minimum Gasteiger partial charge on any atom is -0.460 e. The molecule has 0 radical (unpaired) electrons. The minimum atomic E-state index is -0.112. The number of carbonyl (C=O) groups excluding carboxylic acids is 1. The molecule has 0 unspecified atom stereocenters. The number of piperidine rings is 1. The maximum Gasteiger partial charge on any atom is 0.319 e. The van der Waals surface area contributed by atoms with E-state index < -0.39 is 0 Å². The Morgan fingerprint density at radius 2 is 2.27 bits per heavy atom. The Morgan fingerprint density at radius 3 is 3.00 bits per heavy atom. The van der Waals surface area contributed by atoms with Crippen LogP contribution < -0.4 is 0 Å². The van der Waals surface area contributed by atoms with Gasteiger partial charge in [0.15, 0.2) is 0 Å². The fraction of sp³-hybridized carbons (Fsp3) is 0.938. The number of likely N-dealkylation sites (tertiary alicyclic amines) is 1. The van der Waals surface area contributed by atoms with Gasteiger partial charge in [-0.2, -0.15) is 0 Å². The van der Waals surface area contributed by atoms with E-state index in [0.717, 1.165) is 64.3 Å². The molecule has 0 aromatic rings. The first-order valence-electron chi connectivity index (χ1n) is 8.34. The molecule has 0 amide bonds. The lowest BCUT2D eigenvalue weighted by molar-refractivity contribution is -0.150. The summed E-state index contributed by atoms with van der Waals surface area (Å²) in [5, 5.41) is -0.112. The van der Waals surface area contributed by atoms with Crippen molar-refractivity contribution >= 4 is 17.7 Å². The van der Waals surface area contributed by atoms with Crippen LogP contribution in [-0.2, 0) is 19.0 Å². The van der Waals surface area contributed by atoms with Crippen LogP contribution in [0.2, 0.25) is 0 Å². The summed E-state index contributed by atoms with van der Waals surface area (Å²) in [5.74, 6) is 0.808. The molecule has 0 spiro atoms. The molecule has 0 aromatic carbocycles. The van der Waals surface area contributed by atoms with Gasteiger partial charge in [0, 0.05) is 32.6 Å². The number of thioether (sulfide) groups is 1. The van der Waals surface area contributed by atoms with Crippen molar-refractivity contribution in [1.82, 2.24) is 4.90 Å². The third-order valence-electron chi connectivity index (χ3n) is 4.24. The average Bonchev–Trinajstić information content (AvgIpc) is 3.04. The van der Waals surface area contributed by atoms with Crippen LogP contribution in [0.5, 0.6) is 0 Å². The third kappa shape index (κ3) is 6.07. The normalized spacial score (nSPS) is 27.7. The summed E-state index contributed by atoms with van der Waals surface area (Å²) < 4.78 is 16.4. The largest absolute Gasteiger partial charge is 0.460 e. The van der Waals surface area contributed by atoms with Gasteiger partial charge >= 0.3 is 5.97 Å². The van der Waals surface area contributed by atoms with E-state index >= 15 is 0 Å². The SMILES string of the molecule is COCCN1CCC[C@H](OC(=O)[C@@H](C)SC[C@@H]2CCCO2)C1. The summed E-state index contributed by atoms with van der Waals surface area (Å²) in [7, 11) is 1.72. The lowest BCUT2D eigenvalue weighted by Crippen LogP contribution is -2.42. The van der Waals surface area contributed by atoms with Gasteiger partial charge in [-0.15, -0.1) is 11.8 Å². The van der Waals surface area contributed by atoms with E-state index in [1.54, 1.807) is 18.9 Å². The molecular weight excluding hydrogens is 302 g/mol. The number of hydrogen-bond acceptors (Lipinski definition) is 6. The number of methoxy groups -OCH3 is 1. The Morgan fingerprint density at radius 1 is 1.41 bits per heavy atom. The Kier molecular flexibility index (Phi) is 8.00. The smallest absolute Gasteiger partial charge is 0.319 e. The molecule has 0 aromatic heterocycles. The van der Waals surface area contributed by atoms with Crippen molar-refractivity contribution in [2.24, 2.45) is 0 Å². The zero-order valence-corrected chi connectivity index (χ0v) is 14.6.